The SMILES string of the molecule is CC(C)C1(C)C(=O)Oc2ccccc21. The average molecular weight is 190 g/mol. The molecule has 0 spiro atoms. The van der Waals surface area contributed by atoms with Crippen molar-refractivity contribution in [1.82, 2.24) is 0 Å². The summed E-state index contributed by atoms with van der Waals surface area (Å²) in [5.41, 5.74) is 0.538. The van der Waals surface area contributed by atoms with Gasteiger partial charge in [0.25, 0.3) is 0 Å². The Balaban J connectivity index is 2.60. The number of para-hydroxylation sites is 1. The third-order valence-corrected chi connectivity index (χ3v) is 3.23. The zero-order chi connectivity index (χ0) is 10.3. The summed E-state index contributed by atoms with van der Waals surface area (Å²) in [6, 6.07) is 7.65. The Morgan fingerprint density at radius 1 is 1.29 bits per heavy atom. The highest BCUT2D eigenvalue weighted by atomic mass is 16.5. The Labute approximate surface area is 83.9 Å². The molecule has 1 aromatic carbocycles. The summed E-state index contributed by atoms with van der Waals surface area (Å²) in [6.07, 6.45) is 0. The van der Waals surface area contributed by atoms with Crippen molar-refractivity contribution in [2.45, 2.75) is 26.2 Å². The highest BCUT2D eigenvalue weighted by Gasteiger charge is 2.47. The van der Waals surface area contributed by atoms with E-state index < -0.39 is 5.41 Å². The first kappa shape index (κ1) is 9.25. The van der Waals surface area contributed by atoms with Crippen molar-refractivity contribution in [3.63, 3.8) is 0 Å². The van der Waals surface area contributed by atoms with Crippen molar-refractivity contribution in [2.75, 3.05) is 0 Å². The van der Waals surface area contributed by atoms with E-state index in [4.69, 9.17) is 4.74 Å². The maximum absolute atomic E-state index is 11.8. The van der Waals surface area contributed by atoms with Crippen LogP contribution in [0.2, 0.25) is 0 Å². The van der Waals surface area contributed by atoms with Crippen molar-refractivity contribution in [3.05, 3.63) is 29.8 Å². The zero-order valence-corrected chi connectivity index (χ0v) is 8.70. The van der Waals surface area contributed by atoms with Gasteiger partial charge in [-0.2, -0.15) is 0 Å². The molecule has 74 valence electrons. The summed E-state index contributed by atoms with van der Waals surface area (Å²) in [7, 11) is 0. The standard InChI is InChI=1S/C12H14O2/c1-8(2)12(3)9-6-4-5-7-10(9)14-11(12)13/h4-8H,1-3H3. The molecule has 0 amide bonds. The lowest BCUT2D eigenvalue weighted by Gasteiger charge is -2.24. The monoisotopic (exact) mass is 190 g/mol. The highest BCUT2D eigenvalue weighted by Crippen LogP contribution is 2.43. The number of esters is 1. The molecular formula is C12H14O2. The normalized spacial score (nSPS) is 25.0. The van der Waals surface area contributed by atoms with Crippen LogP contribution in [0.4, 0.5) is 0 Å². The molecule has 1 aromatic rings. The predicted molar refractivity (Wildman–Crippen MR) is 54.3 cm³/mol. The Bertz CT molecular complexity index is 382. The second-order valence-electron chi connectivity index (χ2n) is 4.24. The van der Waals surface area contributed by atoms with E-state index in [1.165, 1.54) is 0 Å². The number of carbonyl (C=O) groups excluding carboxylic acids is 1. The van der Waals surface area contributed by atoms with Gasteiger partial charge in [-0.05, 0) is 18.9 Å². The van der Waals surface area contributed by atoms with Crippen LogP contribution in [0.15, 0.2) is 24.3 Å². The lowest BCUT2D eigenvalue weighted by atomic mass is 9.74. The van der Waals surface area contributed by atoms with E-state index in [2.05, 4.69) is 0 Å². The number of carbonyl (C=O) groups is 1. The molecule has 1 heterocycles. The van der Waals surface area contributed by atoms with Crippen LogP contribution in [0.25, 0.3) is 0 Å². The first-order valence-electron chi connectivity index (χ1n) is 4.88. The van der Waals surface area contributed by atoms with Crippen molar-refractivity contribution in [3.8, 4) is 5.75 Å². The number of ether oxygens (including phenoxy) is 1. The molecule has 2 rings (SSSR count). The van der Waals surface area contributed by atoms with Crippen LogP contribution >= 0.6 is 0 Å². The summed E-state index contributed by atoms with van der Waals surface area (Å²) in [5.74, 6) is 0.834. The molecule has 2 heteroatoms. The van der Waals surface area contributed by atoms with Crippen molar-refractivity contribution < 1.29 is 9.53 Å². The predicted octanol–water partition coefficient (Wildman–Crippen LogP) is 2.52. The Morgan fingerprint density at radius 3 is 2.57 bits per heavy atom. The molecule has 0 radical (unpaired) electrons. The third kappa shape index (κ3) is 0.999. The van der Waals surface area contributed by atoms with Crippen LogP contribution in [-0.4, -0.2) is 5.97 Å². The molecule has 14 heavy (non-hydrogen) atoms. The Hall–Kier alpha value is -1.31. The average Bonchev–Trinajstić information content (AvgIpc) is 2.41. The van der Waals surface area contributed by atoms with Gasteiger partial charge in [0.1, 0.15) is 5.75 Å². The number of hydrogen-bond acceptors (Lipinski definition) is 2. The second kappa shape index (κ2) is 2.84. The van der Waals surface area contributed by atoms with E-state index in [9.17, 15) is 4.79 Å². The largest absolute Gasteiger partial charge is 0.426 e. The quantitative estimate of drug-likeness (QED) is 0.502. The van der Waals surface area contributed by atoms with Crippen LogP contribution < -0.4 is 4.74 Å². The first-order valence-corrected chi connectivity index (χ1v) is 4.88. The van der Waals surface area contributed by atoms with Gasteiger partial charge in [0.05, 0.1) is 5.41 Å². The fourth-order valence-corrected chi connectivity index (χ4v) is 1.85. The molecular weight excluding hydrogens is 176 g/mol. The third-order valence-electron chi connectivity index (χ3n) is 3.23. The fraction of sp³-hybridized carbons (Fsp3) is 0.417. The van der Waals surface area contributed by atoms with Crippen LogP contribution in [0.5, 0.6) is 5.75 Å². The number of fused-ring (bicyclic) bond motifs is 1. The van der Waals surface area contributed by atoms with Crippen LogP contribution in [0, 0.1) is 5.92 Å². The molecule has 0 fully saturated rings. The molecule has 0 saturated carbocycles. The van der Waals surface area contributed by atoms with Crippen LogP contribution in [-0.2, 0) is 10.2 Å². The molecule has 1 unspecified atom stereocenters. The fourth-order valence-electron chi connectivity index (χ4n) is 1.85. The summed E-state index contributed by atoms with van der Waals surface area (Å²) in [4.78, 5) is 11.8. The van der Waals surface area contributed by atoms with E-state index in [-0.39, 0.29) is 11.9 Å². The molecule has 1 atom stereocenters. The highest BCUT2D eigenvalue weighted by molar-refractivity contribution is 5.90. The Kier molecular flexibility index (Phi) is 1.88. The van der Waals surface area contributed by atoms with Crippen molar-refractivity contribution in [2.24, 2.45) is 5.92 Å². The molecule has 0 aromatic heterocycles. The van der Waals surface area contributed by atoms with Crippen molar-refractivity contribution >= 4 is 5.97 Å². The maximum Gasteiger partial charge on any atom is 0.322 e. The number of rotatable bonds is 1. The minimum Gasteiger partial charge on any atom is -0.426 e. The van der Waals surface area contributed by atoms with Gasteiger partial charge in [0, 0.05) is 5.56 Å². The molecule has 0 bridgehead atoms. The molecule has 1 aliphatic heterocycles. The summed E-state index contributed by atoms with van der Waals surface area (Å²) >= 11 is 0. The van der Waals surface area contributed by atoms with Gasteiger partial charge < -0.3 is 4.74 Å². The van der Waals surface area contributed by atoms with E-state index in [0.29, 0.717) is 5.75 Å². The van der Waals surface area contributed by atoms with Gasteiger partial charge >= 0.3 is 5.97 Å². The van der Waals surface area contributed by atoms with Crippen LogP contribution in [0.1, 0.15) is 26.3 Å². The van der Waals surface area contributed by atoms with E-state index in [1.807, 2.05) is 45.0 Å². The molecule has 0 N–H and O–H groups in total. The lowest BCUT2D eigenvalue weighted by Crippen LogP contribution is -2.35. The van der Waals surface area contributed by atoms with Gasteiger partial charge in [0.2, 0.25) is 0 Å². The van der Waals surface area contributed by atoms with E-state index in [0.717, 1.165) is 5.56 Å². The molecule has 1 aliphatic rings. The first-order chi connectivity index (χ1) is 6.56. The zero-order valence-electron chi connectivity index (χ0n) is 8.70. The number of hydrogen-bond donors (Lipinski definition) is 0. The summed E-state index contributed by atoms with van der Waals surface area (Å²) < 4.78 is 5.24. The minimum absolute atomic E-state index is 0.131. The topological polar surface area (TPSA) is 26.3 Å². The van der Waals surface area contributed by atoms with Gasteiger partial charge in [-0.1, -0.05) is 32.0 Å². The van der Waals surface area contributed by atoms with Gasteiger partial charge in [0.15, 0.2) is 0 Å². The molecule has 2 nitrogen and oxygen atoms in total. The van der Waals surface area contributed by atoms with Crippen LogP contribution in [0.3, 0.4) is 0 Å². The van der Waals surface area contributed by atoms with E-state index >= 15 is 0 Å². The van der Waals surface area contributed by atoms with Gasteiger partial charge in [-0.25, -0.2) is 0 Å². The summed E-state index contributed by atoms with van der Waals surface area (Å²) in [5, 5.41) is 0. The maximum atomic E-state index is 11.8. The molecule has 0 aliphatic carbocycles. The minimum atomic E-state index is -0.476. The van der Waals surface area contributed by atoms with Gasteiger partial charge in [-0.3, -0.25) is 4.79 Å². The second-order valence-corrected chi connectivity index (χ2v) is 4.24. The number of benzene rings is 1. The smallest absolute Gasteiger partial charge is 0.322 e. The van der Waals surface area contributed by atoms with Crippen molar-refractivity contribution in [1.29, 1.82) is 0 Å². The Morgan fingerprint density at radius 2 is 1.93 bits per heavy atom. The summed E-state index contributed by atoms with van der Waals surface area (Å²) in [6.45, 7) is 6.04. The van der Waals surface area contributed by atoms with Gasteiger partial charge in [-0.15, -0.1) is 0 Å². The lowest BCUT2D eigenvalue weighted by molar-refractivity contribution is -0.139. The van der Waals surface area contributed by atoms with E-state index in [1.54, 1.807) is 0 Å². The molecule has 0 saturated heterocycles.